The molecule has 0 amide bonds. The van der Waals surface area contributed by atoms with Gasteiger partial charge in [0.2, 0.25) is 0 Å². The van der Waals surface area contributed by atoms with Gasteiger partial charge in [0.25, 0.3) is 10.0 Å². The van der Waals surface area contributed by atoms with Crippen molar-refractivity contribution in [3.8, 4) is 5.75 Å². The second kappa shape index (κ2) is 6.33. The molecule has 0 N–H and O–H groups in total. The summed E-state index contributed by atoms with van der Waals surface area (Å²) in [5.74, 6) is 0.799. The van der Waals surface area contributed by atoms with Gasteiger partial charge in [-0.3, -0.25) is 0 Å². The normalized spacial score (nSPS) is 19.1. The molecule has 0 radical (unpaired) electrons. The lowest BCUT2D eigenvalue weighted by Crippen LogP contribution is -2.31. The van der Waals surface area contributed by atoms with Crippen LogP contribution < -0.4 is 4.74 Å². The molecule has 0 saturated carbocycles. The summed E-state index contributed by atoms with van der Waals surface area (Å²) in [6, 6.07) is 7.53. The van der Waals surface area contributed by atoms with Crippen molar-refractivity contribution in [3.05, 3.63) is 42.4 Å². The standard InChI is InChI=1S/C16H21N3O3S/c1-3-22-14-8-6-13(7-9-14)15-5-4-10-19(15)23(20,21)16-11-18(2)12-17-16/h6-9,11-12,15H,3-5,10H2,1-2H3/t15-/m1/s1. The summed E-state index contributed by atoms with van der Waals surface area (Å²) in [6.07, 6.45) is 4.72. The van der Waals surface area contributed by atoms with Gasteiger partial charge < -0.3 is 9.30 Å². The quantitative estimate of drug-likeness (QED) is 0.841. The maximum absolute atomic E-state index is 12.8. The van der Waals surface area contributed by atoms with E-state index in [0.717, 1.165) is 24.2 Å². The van der Waals surface area contributed by atoms with Gasteiger partial charge in [-0.2, -0.15) is 4.31 Å². The lowest BCUT2D eigenvalue weighted by molar-refractivity contribution is 0.339. The number of nitrogens with zero attached hydrogens (tertiary/aromatic N) is 3. The van der Waals surface area contributed by atoms with E-state index in [1.54, 1.807) is 22.1 Å². The van der Waals surface area contributed by atoms with Crippen LogP contribution in [0, 0.1) is 0 Å². The Kier molecular flexibility index (Phi) is 4.41. The molecule has 1 fully saturated rings. The number of aromatic nitrogens is 2. The number of hydrogen-bond donors (Lipinski definition) is 0. The van der Waals surface area contributed by atoms with Crippen molar-refractivity contribution < 1.29 is 13.2 Å². The second-order valence-electron chi connectivity index (χ2n) is 5.65. The minimum atomic E-state index is -3.57. The van der Waals surface area contributed by atoms with Crippen molar-refractivity contribution in [3.63, 3.8) is 0 Å². The molecule has 1 aliphatic heterocycles. The van der Waals surface area contributed by atoms with Crippen molar-refractivity contribution >= 4 is 10.0 Å². The Morgan fingerprint density at radius 1 is 1.30 bits per heavy atom. The second-order valence-corrected chi connectivity index (χ2v) is 7.49. The number of ether oxygens (including phenoxy) is 1. The summed E-state index contributed by atoms with van der Waals surface area (Å²) in [4.78, 5) is 4.01. The third-order valence-electron chi connectivity index (χ3n) is 4.03. The van der Waals surface area contributed by atoms with Crippen LogP contribution in [0.4, 0.5) is 0 Å². The zero-order valence-corrected chi connectivity index (χ0v) is 14.2. The van der Waals surface area contributed by atoms with Crippen LogP contribution in [0.1, 0.15) is 31.4 Å². The average Bonchev–Trinajstić information content (AvgIpc) is 3.18. The summed E-state index contributed by atoms with van der Waals surface area (Å²) < 4.78 is 34.3. The SMILES string of the molecule is CCOc1ccc([C@H]2CCCN2S(=O)(=O)c2cn(C)cn2)cc1. The molecule has 1 aromatic heterocycles. The van der Waals surface area contributed by atoms with E-state index < -0.39 is 10.0 Å². The zero-order valence-electron chi connectivity index (χ0n) is 13.3. The lowest BCUT2D eigenvalue weighted by atomic mass is 10.1. The van der Waals surface area contributed by atoms with E-state index in [9.17, 15) is 8.42 Å². The fourth-order valence-electron chi connectivity index (χ4n) is 2.96. The predicted octanol–water partition coefficient (Wildman–Crippen LogP) is 2.34. The number of benzene rings is 1. The Balaban J connectivity index is 1.88. The van der Waals surface area contributed by atoms with E-state index in [1.807, 2.05) is 31.2 Å². The highest BCUT2D eigenvalue weighted by atomic mass is 32.2. The number of hydrogen-bond acceptors (Lipinski definition) is 4. The van der Waals surface area contributed by atoms with Crippen LogP contribution in [-0.4, -0.2) is 35.4 Å². The average molecular weight is 335 g/mol. The molecule has 1 aliphatic rings. The first-order chi connectivity index (χ1) is 11.0. The van der Waals surface area contributed by atoms with E-state index in [1.165, 1.54) is 6.33 Å². The number of sulfonamides is 1. The first-order valence-electron chi connectivity index (χ1n) is 7.75. The van der Waals surface area contributed by atoms with Crippen LogP contribution in [0.2, 0.25) is 0 Å². The van der Waals surface area contributed by atoms with Crippen LogP contribution in [0.25, 0.3) is 0 Å². The molecule has 0 aliphatic carbocycles. The number of rotatable bonds is 5. The van der Waals surface area contributed by atoms with Crippen molar-refractivity contribution in [2.45, 2.75) is 30.8 Å². The van der Waals surface area contributed by atoms with Crippen LogP contribution in [-0.2, 0) is 17.1 Å². The molecule has 3 rings (SSSR count). The smallest absolute Gasteiger partial charge is 0.262 e. The monoisotopic (exact) mass is 335 g/mol. The molecule has 1 atom stereocenters. The fourth-order valence-corrected chi connectivity index (χ4v) is 4.61. The van der Waals surface area contributed by atoms with Gasteiger partial charge in [-0.1, -0.05) is 12.1 Å². The Morgan fingerprint density at radius 2 is 2.04 bits per heavy atom. The molecule has 7 heteroatoms. The summed E-state index contributed by atoms with van der Waals surface area (Å²) in [5.41, 5.74) is 0.991. The summed E-state index contributed by atoms with van der Waals surface area (Å²) in [5, 5.41) is 0.109. The lowest BCUT2D eigenvalue weighted by Gasteiger charge is -2.23. The summed E-state index contributed by atoms with van der Waals surface area (Å²) >= 11 is 0. The molecule has 0 spiro atoms. The fraction of sp³-hybridized carbons (Fsp3) is 0.438. The van der Waals surface area contributed by atoms with Crippen molar-refractivity contribution in [2.24, 2.45) is 7.05 Å². The van der Waals surface area contributed by atoms with E-state index in [-0.39, 0.29) is 11.1 Å². The Morgan fingerprint density at radius 3 is 2.65 bits per heavy atom. The highest BCUT2D eigenvalue weighted by Crippen LogP contribution is 2.36. The van der Waals surface area contributed by atoms with E-state index in [2.05, 4.69) is 4.98 Å². The first kappa shape index (κ1) is 16.0. The van der Waals surface area contributed by atoms with Gasteiger partial charge >= 0.3 is 0 Å². The number of aryl methyl sites for hydroxylation is 1. The van der Waals surface area contributed by atoms with E-state index in [4.69, 9.17) is 4.74 Å². The molecule has 1 saturated heterocycles. The molecule has 6 nitrogen and oxygen atoms in total. The third-order valence-corrected chi connectivity index (χ3v) is 5.83. The maximum Gasteiger partial charge on any atom is 0.262 e. The maximum atomic E-state index is 12.8. The largest absolute Gasteiger partial charge is 0.494 e. The van der Waals surface area contributed by atoms with E-state index in [0.29, 0.717) is 13.2 Å². The van der Waals surface area contributed by atoms with Gasteiger partial charge in [-0.05, 0) is 37.5 Å². The van der Waals surface area contributed by atoms with E-state index >= 15 is 0 Å². The first-order valence-corrected chi connectivity index (χ1v) is 9.19. The third kappa shape index (κ3) is 3.11. The Hall–Kier alpha value is -1.86. The van der Waals surface area contributed by atoms with Crippen LogP contribution >= 0.6 is 0 Å². The Bertz CT molecular complexity index is 768. The van der Waals surface area contributed by atoms with Gasteiger partial charge in [-0.25, -0.2) is 13.4 Å². The molecule has 0 unspecified atom stereocenters. The summed E-state index contributed by atoms with van der Waals surface area (Å²) in [6.45, 7) is 3.08. The van der Waals surface area contributed by atoms with Crippen molar-refractivity contribution in [2.75, 3.05) is 13.2 Å². The molecular formula is C16H21N3O3S. The van der Waals surface area contributed by atoms with Crippen molar-refractivity contribution in [1.82, 2.24) is 13.9 Å². The minimum Gasteiger partial charge on any atom is -0.494 e. The minimum absolute atomic E-state index is 0.109. The van der Waals surface area contributed by atoms with Crippen molar-refractivity contribution in [1.29, 1.82) is 0 Å². The number of imidazole rings is 1. The molecule has 1 aromatic carbocycles. The van der Waals surface area contributed by atoms with Gasteiger partial charge in [0.15, 0.2) is 5.03 Å². The molecule has 124 valence electrons. The topological polar surface area (TPSA) is 64.4 Å². The highest BCUT2D eigenvalue weighted by molar-refractivity contribution is 7.89. The predicted molar refractivity (Wildman–Crippen MR) is 86.7 cm³/mol. The van der Waals surface area contributed by atoms with Crippen LogP contribution in [0.15, 0.2) is 41.8 Å². The zero-order chi connectivity index (χ0) is 16.4. The van der Waals surface area contributed by atoms with Gasteiger partial charge in [0, 0.05) is 19.8 Å². The van der Waals surface area contributed by atoms with Crippen LogP contribution in [0.3, 0.4) is 0 Å². The molecule has 23 heavy (non-hydrogen) atoms. The van der Waals surface area contributed by atoms with Crippen LogP contribution in [0.5, 0.6) is 5.75 Å². The Labute approximate surface area is 136 Å². The highest BCUT2D eigenvalue weighted by Gasteiger charge is 2.37. The van der Waals surface area contributed by atoms with Gasteiger partial charge in [0.05, 0.1) is 19.0 Å². The molecule has 0 bridgehead atoms. The molecular weight excluding hydrogens is 314 g/mol. The summed E-state index contributed by atoms with van der Waals surface area (Å²) in [7, 11) is -1.80. The molecule has 2 aromatic rings. The molecule has 2 heterocycles. The van der Waals surface area contributed by atoms with Gasteiger partial charge in [0.1, 0.15) is 5.75 Å². The van der Waals surface area contributed by atoms with Gasteiger partial charge in [-0.15, -0.1) is 0 Å².